The average molecular weight is 378 g/mol. The van der Waals surface area contributed by atoms with Crippen molar-refractivity contribution in [1.82, 2.24) is 14.8 Å². The second-order valence-corrected chi connectivity index (χ2v) is 6.69. The summed E-state index contributed by atoms with van der Waals surface area (Å²) in [6.07, 6.45) is 0. The van der Waals surface area contributed by atoms with Gasteiger partial charge < -0.3 is 9.30 Å². The van der Waals surface area contributed by atoms with Crippen LogP contribution in [0.4, 0.5) is 4.39 Å². The summed E-state index contributed by atoms with van der Waals surface area (Å²) in [6, 6.07) is 12.5. The summed E-state index contributed by atoms with van der Waals surface area (Å²) in [7, 11) is 1.45. The van der Waals surface area contributed by atoms with Crippen molar-refractivity contribution in [2.75, 3.05) is 7.11 Å². The molecular formula is C18H17ClFN3OS. The van der Waals surface area contributed by atoms with E-state index in [1.165, 1.54) is 24.9 Å². The Labute approximate surface area is 155 Å². The quantitative estimate of drug-likeness (QED) is 0.563. The van der Waals surface area contributed by atoms with E-state index in [1.807, 2.05) is 41.8 Å². The predicted molar refractivity (Wildman–Crippen MR) is 98.7 cm³/mol. The molecule has 0 bridgehead atoms. The van der Waals surface area contributed by atoms with Crippen LogP contribution in [0.5, 0.6) is 5.75 Å². The topological polar surface area (TPSA) is 39.9 Å². The number of nitrogens with zero attached hydrogens (tertiary/aromatic N) is 3. The molecule has 0 saturated heterocycles. The molecule has 0 atom stereocenters. The number of halogens is 2. The molecule has 0 aliphatic heterocycles. The van der Waals surface area contributed by atoms with Crippen LogP contribution in [0.2, 0.25) is 5.02 Å². The lowest BCUT2D eigenvalue weighted by atomic mass is 10.2. The molecule has 4 nitrogen and oxygen atoms in total. The Morgan fingerprint density at radius 1 is 1.16 bits per heavy atom. The van der Waals surface area contributed by atoms with Crippen LogP contribution < -0.4 is 4.74 Å². The molecule has 3 aromatic rings. The predicted octanol–water partition coefficient (Wildman–Crippen LogP) is 5.06. The number of hydrogen-bond donors (Lipinski definition) is 0. The lowest BCUT2D eigenvalue weighted by Crippen LogP contribution is -2.00. The van der Waals surface area contributed by atoms with Crippen LogP contribution in [0, 0.1) is 5.82 Å². The molecule has 0 aliphatic carbocycles. The van der Waals surface area contributed by atoms with Gasteiger partial charge in [-0.05, 0) is 48.9 Å². The lowest BCUT2D eigenvalue weighted by Gasteiger charge is -2.08. The van der Waals surface area contributed by atoms with Gasteiger partial charge in [0.25, 0.3) is 0 Å². The Morgan fingerprint density at radius 2 is 1.92 bits per heavy atom. The summed E-state index contributed by atoms with van der Waals surface area (Å²) < 4.78 is 20.8. The van der Waals surface area contributed by atoms with E-state index in [4.69, 9.17) is 16.3 Å². The molecule has 0 saturated carbocycles. The Kier molecular flexibility index (Phi) is 5.60. The minimum Gasteiger partial charge on any atom is -0.494 e. The number of benzene rings is 2. The third-order valence-corrected chi connectivity index (χ3v) is 5.01. The first-order valence-electron chi connectivity index (χ1n) is 7.76. The van der Waals surface area contributed by atoms with Crippen molar-refractivity contribution in [2.24, 2.45) is 0 Å². The normalized spacial score (nSPS) is 10.9. The lowest BCUT2D eigenvalue weighted by molar-refractivity contribution is 0.386. The van der Waals surface area contributed by atoms with E-state index in [2.05, 4.69) is 10.2 Å². The number of methoxy groups -OCH3 is 1. The number of aromatic nitrogens is 3. The van der Waals surface area contributed by atoms with Gasteiger partial charge in [-0.25, -0.2) is 4.39 Å². The SMILES string of the molecule is CCn1c(SCc2ccc(OC)c(F)c2)nnc1-c1ccc(Cl)cc1. The van der Waals surface area contributed by atoms with Gasteiger partial charge in [-0.3, -0.25) is 0 Å². The highest BCUT2D eigenvalue weighted by Gasteiger charge is 2.13. The summed E-state index contributed by atoms with van der Waals surface area (Å²) in [5.74, 6) is 1.28. The molecule has 0 unspecified atom stereocenters. The Balaban J connectivity index is 1.79. The molecule has 1 aromatic heterocycles. The van der Waals surface area contributed by atoms with Gasteiger partial charge in [-0.2, -0.15) is 0 Å². The first-order valence-corrected chi connectivity index (χ1v) is 9.13. The molecule has 7 heteroatoms. The van der Waals surface area contributed by atoms with Gasteiger partial charge in [0.05, 0.1) is 7.11 Å². The van der Waals surface area contributed by atoms with E-state index in [0.29, 0.717) is 10.8 Å². The molecule has 2 aromatic carbocycles. The monoisotopic (exact) mass is 377 g/mol. The fourth-order valence-electron chi connectivity index (χ4n) is 2.44. The molecule has 0 spiro atoms. The van der Waals surface area contributed by atoms with E-state index >= 15 is 0 Å². The van der Waals surface area contributed by atoms with E-state index in [0.717, 1.165) is 28.7 Å². The van der Waals surface area contributed by atoms with Crippen molar-refractivity contribution in [2.45, 2.75) is 24.4 Å². The zero-order chi connectivity index (χ0) is 17.8. The van der Waals surface area contributed by atoms with Gasteiger partial charge in [-0.1, -0.05) is 29.4 Å². The van der Waals surface area contributed by atoms with Crippen LogP contribution in [0.1, 0.15) is 12.5 Å². The van der Waals surface area contributed by atoms with Crippen molar-refractivity contribution < 1.29 is 9.13 Å². The van der Waals surface area contributed by atoms with E-state index in [9.17, 15) is 4.39 Å². The van der Waals surface area contributed by atoms with Crippen LogP contribution in [-0.4, -0.2) is 21.9 Å². The molecule has 0 aliphatic rings. The van der Waals surface area contributed by atoms with Gasteiger partial charge in [0.1, 0.15) is 0 Å². The maximum absolute atomic E-state index is 13.8. The fourth-order valence-corrected chi connectivity index (χ4v) is 3.51. The molecule has 130 valence electrons. The van der Waals surface area contributed by atoms with Crippen molar-refractivity contribution >= 4 is 23.4 Å². The molecule has 0 fully saturated rings. The van der Waals surface area contributed by atoms with Gasteiger partial charge >= 0.3 is 0 Å². The second kappa shape index (κ2) is 7.89. The largest absolute Gasteiger partial charge is 0.494 e. The summed E-state index contributed by atoms with van der Waals surface area (Å²) in [4.78, 5) is 0. The molecule has 0 radical (unpaired) electrons. The third-order valence-electron chi connectivity index (χ3n) is 3.72. The van der Waals surface area contributed by atoms with Crippen molar-refractivity contribution in [3.63, 3.8) is 0 Å². The van der Waals surface area contributed by atoms with Crippen LogP contribution in [0.15, 0.2) is 47.6 Å². The van der Waals surface area contributed by atoms with E-state index < -0.39 is 0 Å². The Hall–Kier alpha value is -2.05. The first-order chi connectivity index (χ1) is 12.1. The molecule has 1 heterocycles. The third kappa shape index (κ3) is 3.96. The number of thioether (sulfide) groups is 1. The number of rotatable bonds is 6. The Bertz CT molecular complexity index is 867. The maximum atomic E-state index is 13.8. The molecule has 0 N–H and O–H groups in total. The number of hydrogen-bond acceptors (Lipinski definition) is 4. The minimum atomic E-state index is -0.362. The van der Waals surface area contributed by atoms with Crippen molar-refractivity contribution in [1.29, 1.82) is 0 Å². The van der Waals surface area contributed by atoms with Crippen LogP contribution in [0.25, 0.3) is 11.4 Å². The Morgan fingerprint density at radius 3 is 2.56 bits per heavy atom. The van der Waals surface area contributed by atoms with Crippen LogP contribution in [-0.2, 0) is 12.3 Å². The second-order valence-electron chi connectivity index (χ2n) is 5.31. The zero-order valence-electron chi connectivity index (χ0n) is 13.9. The maximum Gasteiger partial charge on any atom is 0.191 e. The smallest absolute Gasteiger partial charge is 0.191 e. The highest BCUT2D eigenvalue weighted by Crippen LogP contribution is 2.28. The summed E-state index contributed by atoms with van der Waals surface area (Å²) in [6.45, 7) is 2.78. The molecule has 0 amide bonds. The number of ether oxygens (including phenoxy) is 1. The molecule has 25 heavy (non-hydrogen) atoms. The first kappa shape index (κ1) is 17.8. The van der Waals surface area contributed by atoms with E-state index in [1.54, 1.807) is 6.07 Å². The van der Waals surface area contributed by atoms with Crippen LogP contribution >= 0.6 is 23.4 Å². The molecular weight excluding hydrogens is 361 g/mol. The van der Waals surface area contributed by atoms with Gasteiger partial charge in [0.15, 0.2) is 22.5 Å². The highest BCUT2D eigenvalue weighted by molar-refractivity contribution is 7.98. The van der Waals surface area contributed by atoms with Gasteiger partial charge in [0.2, 0.25) is 0 Å². The fraction of sp³-hybridized carbons (Fsp3) is 0.222. The van der Waals surface area contributed by atoms with Crippen LogP contribution in [0.3, 0.4) is 0 Å². The van der Waals surface area contributed by atoms with E-state index in [-0.39, 0.29) is 11.6 Å². The minimum absolute atomic E-state index is 0.246. The average Bonchev–Trinajstić information content (AvgIpc) is 3.03. The summed E-state index contributed by atoms with van der Waals surface area (Å²) >= 11 is 7.46. The van der Waals surface area contributed by atoms with Crippen molar-refractivity contribution in [3.05, 3.63) is 58.9 Å². The standard InChI is InChI=1S/C18H17ClFN3OS/c1-3-23-17(13-5-7-14(19)8-6-13)21-22-18(23)25-11-12-4-9-16(24-2)15(20)10-12/h4-10H,3,11H2,1-2H3. The van der Waals surface area contributed by atoms with Gasteiger partial charge in [-0.15, -0.1) is 10.2 Å². The highest BCUT2D eigenvalue weighted by atomic mass is 35.5. The van der Waals surface area contributed by atoms with Gasteiger partial charge in [0, 0.05) is 22.9 Å². The van der Waals surface area contributed by atoms with Crippen molar-refractivity contribution in [3.8, 4) is 17.1 Å². The summed E-state index contributed by atoms with van der Waals surface area (Å²) in [5, 5.41) is 10.1. The zero-order valence-corrected chi connectivity index (χ0v) is 15.4. The summed E-state index contributed by atoms with van der Waals surface area (Å²) in [5.41, 5.74) is 1.82. The molecule has 3 rings (SSSR count).